The van der Waals surface area contributed by atoms with E-state index < -0.39 is 11.7 Å². The number of benzene rings is 2. The van der Waals surface area contributed by atoms with Crippen LogP contribution in [0.15, 0.2) is 60.2 Å². The predicted molar refractivity (Wildman–Crippen MR) is 96.4 cm³/mol. The fraction of sp³-hybridized carbons (Fsp3) is 0.286. The van der Waals surface area contributed by atoms with E-state index in [2.05, 4.69) is 0 Å². The van der Waals surface area contributed by atoms with Gasteiger partial charge in [-0.3, -0.25) is 4.79 Å². The normalized spacial score (nSPS) is 16.7. The second-order valence-electron chi connectivity index (χ2n) is 6.46. The number of ether oxygens (including phenoxy) is 1. The fourth-order valence-corrected chi connectivity index (χ4v) is 2.94. The maximum Gasteiger partial charge on any atom is 0.416 e. The number of halogens is 3. The van der Waals surface area contributed by atoms with E-state index >= 15 is 0 Å². The Hall–Kier alpha value is -2.76. The van der Waals surface area contributed by atoms with Gasteiger partial charge in [0.15, 0.2) is 0 Å². The number of allylic oxidation sites excluding steroid dienone is 1. The molecular weight excluding hydrogens is 355 g/mol. The maximum absolute atomic E-state index is 12.6. The summed E-state index contributed by atoms with van der Waals surface area (Å²) < 4.78 is 43.3. The van der Waals surface area contributed by atoms with Crippen molar-refractivity contribution in [2.24, 2.45) is 0 Å². The highest BCUT2D eigenvalue weighted by Gasteiger charge is 2.30. The minimum absolute atomic E-state index is 0.124. The number of rotatable bonds is 4. The van der Waals surface area contributed by atoms with Gasteiger partial charge < -0.3 is 9.64 Å². The molecule has 1 aliphatic heterocycles. The van der Waals surface area contributed by atoms with E-state index in [1.54, 1.807) is 12.1 Å². The molecule has 6 heteroatoms. The van der Waals surface area contributed by atoms with Crippen LogP contribution in [-0.2, 0) is 17.5 Å². The maximum atomic E-state index is 12.6. The topological polar surface area (TPSA) is 29.5 Å². The number of piperidine rings is 1. The third kappa shape index (κ3) is 4.90. The van der Waals surface area contributed by atoms with Crippen molar-refractivity contribution >= 4 is 5.91 Å². The molecule has 1 heterocycles. The Morgan fingerprint density at radius 2 is 1.63 bits per heavy atom. The fourth-order valence-electron chi connectivity index (χ4n) is 2.94. The van der Waals surface area contributed by atoms with E-state index in [0.29, 0.717) is 31.0 Å². The van der Waals surface area contributed by atoms with Crippen molar-refractivity contribution in [3.8, 4) is 11.5 Å². The average molecular weight is 375 g/mol. The van der Waals surface area contributed by atoms with Gasteiger partial charge in [-0.2, -0.15) is 13.2 Å². The van der Waals surface area contributed by atoms with Crippen LogP contribution in [0.3, 0.4) is 0 Å². The lowest BCUT2D eigenvalue weighted by atomic mass is 10.0. The standard InChI is InChI=1S/C21H20F3NO2/c1-2-15-11-12-25(20(26)13-15)14-16-3-7-18(8-4-16)27-19-9-5-17(6-10-19)21(22,23)24/h2-10H,11-14H2,1H3/b15-2+. The zero-order chi connectivity index (χ0) is 19.4. The van der Waals surface area contributed by atoms with Gasteiger partial charge in [0.25, 0.3) is 0 Å². The van der Waals surface area contributed by atoms with E-state index in [1.165, 1.54) is 17.7 Å². The summed E-state index contributed by atoms with van der Waals surface area (Å²) in [4.78, 5) is 14.0. The first kappa shape index (κ1) is 19.0. The number of likely N-dealkylation sites (tertiary alicyclic amines) is 1. The SMILES string of the molecule is C/C=C1\CCN(Cc2ccc(Oc3ccc(C(F)(F)F)cc3)cc2)C(=O)C1. The number of hydrogen-bond acceptors (Lipinski definition) is 2. The van der Waals surface area contributed by atoms with Gasteiger partial charge >= 0.3 is 6.18 Å². The lowest BCUT2D eigenvalue weighted by molar-refractivity contribution is -0.137. The van der Waals surface area contributed by atoms with Gasteiger partial charge in [0.1, 0.15) is 11.5 Å². The minimum atomic E-state index is -4.36. The second kappa shape index (κ2) is 7.86. The van der Waals surface area contributed by atoms with E-state index in [1.807, 2.05) is 30.0 Å². The lowest BCUT2D eigenvalue weighted by Gasteiger charge is -2.28. The third-order valence-corrected chi connectivity index (χ3v) is 4.56. The molecule has 142 valence electrons. The molecule has 0 radical (unpaired) electrons. The number of hydrogen-bond donors (Lipinski definition) is 0. The number of nitrogens with zero attached hydrogens (tertiary/aromatic N) is 1. The van der Waals surface area contributed by atoms with Gasteiger partial charge in [0.05, 0.1) is 5.56 Å². The summed E-state index contributed by atoms with van der Waals surface area (Å²) >= 11 is 0. The number of amides is 1. The van der Waals surface area contributed by atoms with Crippen LogP contribution in [0.4, 0.5) is 13.2 Å². The molecule has 3 nitrogen and oxygen atoms in total. The number of carbonyl (C=O) groups is 1. The Morgan fingerprint density at radius 3 is 2.15 bits per heavy atom. The molecule has 0 aromatic heterocycles. The highest BCUT2D eigenvalue weighted by Crippen LogP contribution is 2.31. The summed E-state index contributed by atoms with van der Waals surface area (Å²) in [6.07, 6.45) is -0.981. The smallest absolute Gasteiger partial charge is 0.416 e. The number of carbonyl (C=O) groups excluding carboxylic acids is 1. The molecule has 0 unspecified atom stereocenters. The lowest BCUT2D eigenvalue weighted by Crippen LogP contribution is -2.35. The van der Waals surface area contributed by atoms with E-state index in [0.717, 1.165) is 24.1 Å². The van der Waals surface area contributed by atoms with Crippen LogP contribution in [0, 0.1) is 0 Å². The first-order chi connectivity index (χ1) is 12.8. The van der Waals surface area contributed by atoms with Crippen LogP contribution in [0.1, 0.15) is 30.9 Å². The molecule has 2 aromatic rings. The first-order valence-electron chi connectivity index (χ1n) is 8.71. The first-order valence-corrected chi connectivity index (χ1v) is 8.71. The summed E-state index contributed by atoms with van der Waals surface area (Å²) in [6, 6.07) is 11.8. The molecule has 0 spiro atoms. The Balaban J connectivity index is 1.60. The van der Waals surface area contributed by atoms with Gasteiger partial charge in [0.2, 0.25) is 5.91 Å². The van der Waals surface area contributed by atoms with Crippen molar-refractivity contribution < 1.29 is 22.7 Å². The van der Waals surface area contributed by atoms with Crippen molar-refractivity contribution in [2.45, 2.75) is 32.5 Å². The molecule has 1 amide bonds. The highest BCUT2D eigenvalue weighted by atomic mass is 19.4. The van der Waals surface area contributed by atoms with Crippen LogP contribution < -0.4 is 4.74 Å². The zero-order valence-corrected chi connectivity index (χ0v) is 14.9. The van der Waals surface area contributed by atoms with Crippen molar-refractivity contribution in [1.29, 1.82) is 0 Å². The number of alkyl halides is 3. The Morgan fingerprint density at radius 1 is 1.04 bits per heavy atom. The summed E-state index contributed by atoms with van der Waals surface area (Å²) in [5.41, 5.74) is 1.45. The van der Waals surface area contributed by atoms with Crippen LogP contribution in [0.25, 0.3) is 0 Å². The second-order valence-corrected chi connectivity index (χ2v) is 6.46. The predicted octanol–water partition coefficient (Wildman–Crippen LogP) is 5.57. The third-order valence-electron chi connectivity index (χ3n) is 4.56. The molecule has 0 atom stereocenters. The molecule has 0 N–H and O–H groups in total. The van der Waals surface area contributed by atoms with E-state index in [-0.39, 0.29) is 5.91 Å². The Kier molecular flexibility index (Phi) is 5.54. The van der Waals surface area contributed by atoms with Gasteiger partial charge in [-0.25, -0.2) is 0 Å². The molecule has 1 fully saturated rings. The molecule has 0 saturated carbocycles. The van der Waals surface area contributed by atoms with Crippen molar-refractivity contribution in [3.05, 3.63) is 71.3 Å². The summed E-state index contributed by atoms with van der Waals surface area (Å²) in [5.74, 6) is 0.986. The molecule has 1 saturated heterocycles. The van der Waals surface area contributed by atoms with Gasteiger partial charge in [0, 0.05) is 19.5 Å². The molecule has 2 aromatic carbocycles. The van der Waals surface area contributed by atoms with Gasteiger partial charge in [-0.05, 0) is 55.3 Å². The van der Waals surface area contributed by atoms with Crippen LogP contribution >= 0.6 is 0 Å². The van der Waals surface area contributed by atoms with E-state index in [9.17, 15) is 18.0 Å². The Bertz CT molecular complexity index is 824. The molecule has 1 aliphatic rings. The average Bonchev–Trinajstić information content (AvgIpc) is 2.64. The largest absolute Gasteiger partial charge is 0.457 e. The molecule has 0 bridgehead atoms. The highest BCUT2D eigenvalue weighted by molar-refractivity contribution is 5.79. The van der Waals surface area contributed by atoms with Crippen molar-refractivity contribution in [2.75, 3.05) is 6.54 Å². The van der Waals surface area contributed by atoms with Gasteiger partial charge in [-0.1, -0.05) is 23.8 Å². The van der Waals surface area contributed by atoms with Crippen molar-refractivity contribution in [3.63, 3.8) is 0 Å². The molecular formula is C21H20F3NO2. The zero-order valence-electron chi connectivity index (χ0n) is 14.9. The molecule has 0 aliphatic carbocycles. The quantitative estimate of drug-likeness (QED) is 0.654. The minimum Gasteiger partial charge on any atom is -0.457 e. The monoisotopic (exact) mass is 375 g/mol. The molecule has 3 rings (SSSR count). The van der Waals surface area contributed by atoms with E-state index in [4.69, 9.17) is 4.74 Å². The van der Waals surface area contributed by atoms with Crippen molar-refractivity contribution in [1.82, 2.24) is 4.90 Å². The summed E-state index contributed by atoms with van der Waals surface area (Å²) in [5, 5.41) is 0. The summed E-state index contributed by atoms with van der Waals surface area (Å²) in [6.45, 7) is 3.20. The van der Waals surface area contributed by atoms with Crippen LogP contribution in [0.5, 0.6) is 11.5 Å². The van der Waals surface area contributed by atoms with Crippen LogP contribution in [0.2, 0.25) is 0 Å². The molecule has 27 heavy (non-hydrogen) atoms. The van der Waals surface area contributed by atoms with Crippen LogP contribution in [-0.4, -0.2) is 17.4 Å². The van der Waals surface area contributed by atoms with Gasteiger partial charge in [-0.15, -0.1) is 0 Å². The Labute approximate surface area is 156 Å². The summed E-state index contributed by atoms with van der Waals surface area (Å²) in [7, 11) is 0.